The summed E-state index contributed by atoms with van der Waals surface area (Å²) in [6.45, 7) is 2.86. The minimum Gasteiger partial charge on any atom is -0.491 e. The molecule has 0 bridgehead atoms. The van der Waals surface area contributed by atoms with E-state index in [1.54, 1.807) is 0 Å². The van der Waals surface area contributed by atoms with E-state index in [2.05, 4.69) is 58.7 Å². The second-order valence-electron chi connectivity index (χ2n) is 5.76. The molecule has 0 aromatic heterocycles. The summed E-state index contributed by atoms with van der Waals surface area (Å²) in [6.07, 6.45) is 2.17. The summed E-state index contributed by atoms with van der Waals surface area (Å²) in [5, 5.41) is 3.58. The number of hydrogen-bond donors (Lipinski definition) is 1. The summed E-state index contributed by atoms with van der Waals surface area (Å²) in [5.41, 5.74) is 3.94. The molecule has 2 heterocycles. The van der Waals surface area contributed by atoms with Gasteiger partial charge in [0.15, 0.2) is 0 Å². The van der Waals surface area contributed by atoms with Crippen LogP contribution in [0.25, 0.3) is 0 Å². The first-order valence-electron chi connectivity index (χ1n) is 7.72. The zero-order valence-electron chi connectivity index (χ0n) is 12.1. The number of nitrogens with zero attached hydrogens (tertiary/aromatic N) is 1. The van der Waals surface area contributed by atoms with Crippen molar-refractivity contribution >= 4 is 11.4 Å². The van der Waals surface area contributed by atoms with Crippen molar-refractivity contribution < 1.29 is 4.74 Å². The van der Waals surface area contributed by atoms with Gasteiger partial charge < -0.3 is 15.0 Å². The fourth-order valence-electron chi connectivity index (χ4n) is 3.38. The first kappa shape index (κ1) is 12.6. The van der Waals surface area contributed by atoms with Crippen molar-refractivity contribution in [2.45, 2.75) is 18.9 Å². The molecule has 3 nitrogen and oxygen atoms in total. The molecule has 21 heavy (non-hydrogen) atoms. The van der Waals surface area contributed by atoms with Gasteiger partial charge in [-0.15, -0.1) is 0 Å². The van der Waals surface area contributed by atoms with Crippen LogP contribution in [0.15, 0.2) is 48.5 Å². The van der Waals surface area contributed by atoms with Gasteiger partial charge in [-0.1, -0.05) is 30.3 Å². The van der Waals surface area contributed by atoms with E-state index in [9.17, 15) is 0 Å². The highest BCUT2D eigenvalue weighted by molar-refractivity contribution is 5.62. The number of anilines is 2. The molecule has 4 rings (SSSR count). The lowest BCUT2D eigenvalue weighted by molar-refractivity contribution is 0.322. The number of benzene rings is 2. The third-order valence-corrected chi connectivity index (χ3v) is 4.42. The summed E-state index contributed by atoms with van der Waals surface area (Å²) >= 11 is 0. The van der Waals surface area contributed by atoms with Gasteiger partial charge in [-0.05, 0) is 36.6 Å². The van der Waals surface area contributed by atoms with E-state index in [0.29, 0.717) is 6.04 Å². The average molecular weight is 280 g/mol. The summed E-state index contributed by atoms with van der Waals surface area (Å²) in [5.74, 6) is 1.02. The van der Waals surface area contributed by atoms with Crippen LogP contribution in [0.1, 0.15) is 12.0 Å². The van der Waals surface area contributed by atoms with Gasteiger partial charge in [0, 0.05) is 18.8 Å². The minimum absolute atomic E-state index is 0.489. The maximum absolute atomic E-state index is 5.88. The number of fused-ring (bicyclic) bond motifs is 2. The van der Waals surface area contributed by atoms with Gasteiger partial charge in [0.25, 0.3) is 0 Å². The Labute approximate surface area is 125 Å². The maximum atomic E-state index is 5.88. The standard InChI is InChI=1S/C18H20N2O/c1-2-7-16-14(6-1)12-15(13-19-16)20-10-5-11-21-18-9-4-3-8-17(18)20/h1-4,6-9,15,19H,5,10-13H2. The molecule has 0 amide bonds. The number of hydrogen-bond acceptors (Lipinski definition) is 3. The molecule has 1 atom stereocenters. The van der Waals surface area contributed by atoms with Crippen LogP contribution in [0.4, 0.5) is 11.4 Å². The van der Waals surface area contributed by atoms with Gasteiger partial charge in [-0.25, -0.2) is 0 Å². The van der Waals surface area contributed by atoms with Crippen LogP contribution < -0.4 is 15.0 Å². The Hall–Kier alpha value is -2.16. The monoisotopic (exact) mass is 280 g/mol. The largest absolute Gasteiger partial charge is 0.491 e. The smallest absolute Gasteiger partial charge is 0.142 e. The van der Waals surface area contributed by atoms with Gasteiger partial charge in [0.2, 0.25) is 0 Å². The van der Waals surface area contributed by atoms with E-state index < -0.39 is 0 Å². The Morgan fingerprint density at radius 2 is 1.90 bits per heavy atom. The van der Waals surface area contributed by atoms with Crippen molar-refractivity contribution in [3.63, 3.8) is 0 Å². The van der Waals surface area contributed by atoms with E-state index >= 15 is 0 Å². The molecule has 2 aromatic carbocycles. The van der Waals surface area contributed by atoms with Gasteiger partial charge >= 0.3 is 0 Å². The lowest BCUT2D eigenvalue weighted by Crippen LogP contribution is -2.44. The Balaban J connectivity index is 1.65. The predicted molar refractivity (Wildman–Crippen MR) is 86.3 cm³/mol. The van der Waals surface area contributed by atoms with Crippen LogP contribution in [0.5, 0.6) is 5.75 Å². The van der Waals surface area contributed by atoms with Crippen molar-refractivity contribution in [2.75, 3.05) is 29.9 Å². The molecule has 0 spiro atoms. The lowest BCUT2D eigenvalue weighted by atomic mass is 9.98. The van der Waals surface area contributed by atoms with Crippen molar-refractivity contribution in [1.82, 2.24) is 0 Å². The van der Waals surface area contributed by atoms with Gasteiger partial charge in [-0.3, -0.25) is 0 Å². The maximum Gasteiger partial charge on any atom is 0.142 e. The molecule has 0 fully saturated rings. The van der Waals surface area contributed by atoms with E-state index in [-0.39, 0.29) is 0 Å². The lowest BCUT2D eigenvalue weighted by Gasteiger charge is -2.37. The topological polar surface area (TPSA) is 24.5 Å². The molecular weight excluding hydrogens is 260 g/mol. The number of para-hydroxylation sites is 3. The molecular formula is C18H20N2O. The van der Waals surface area contributed by atoms with Crippen LogP contribution in [-0.4, -0.2) is 25.7 Å². The quantitative estimate of drug-likeness (QED) is 0.867. The molecule has 108 valence electrons. The Morgan fingerprint density at radius 1 is 1.05 bits per heavy atom. The normalized spacial score (nSPS) is 20.6. The van der Waals surface area contributed by atoms with Crippen molar-refractivity contribution in [3.05, 3.63) is 54.1 Å². The predicted octanol–water partition coefficient (Wildman–Crippen LogP) is 3.31. The van der Waals surface area contributed by atoms with Crippen molar-refractivity contribution in [3.8, 4) is 5.75 Å². The van der Waals surface area contributed by atoms with E-state index in [4.69, 9.17) is 4.74 Å². The van der Waals surface area contributed by atoms with E-state index in [0.717, 1.165) is 38.3 Å². The first-order chi connectivity index (χ1) is 10.4. The Morgan fingerprint density at radius 3 is 2.90 bits per heavy atom. The molecule has 0 saturated carbocycles. The van der Waals surface area contributed by atoms with Gasteiger partial charge in [0.05, 0.1) is 18.3 Å². The number of nitrogens with one attached hydrogen (secondary N) is 1. The van der Waals surface area contributed by atoms with Crippen molar-refractivity contribution in [1.29, 1.82) is 0 Å². The molecule has 1 N–H and O–H groups in total. The third-order valence-electron chi connectivity index (χ3n) is 4.42. The molecule has 2 aromatic rings. The molecule has 0 saturated heterocycles. The third kappa shape index (κ3) is 2.33. The van der Waals surface area contributed by atoms with Gasteiger partial charge in [0.1, 0.15) is 5.75 Å². The van der Waals surface area contributed by atoms with Gasteiger partial charge in [-0.2, -0.15) is 0 Å². The highest BCUT2D eigenvalue weighted by atomic mass is 16.5. The molecule has 0 aliphatic carbocycles. The number of rotatable bonds is 1. The molecule has 3 heteroatoms. The van der Waals surface area contributed by atoms with E-state index in [1.807, 2.05) is 0 Å². The van der Waals surface area contributed by atoms with Crippen LogP contribution in [0, 0.1) is 0 Å². The first-order valence-corrected chi connectivity index (χ1v) is 7.72. The summed E-state index contributed by atoms with van der Waals surface area (Å²) in [7, 11) is 0. The molecule has 2 aliphatic rings. The summed E-state index contributed by atoms with van der Waals surface area (Å²) < 4.78 is 5.88. The Bertz CT molecular complexity index is 641. The summed E-state index contributed by atoms with van der Waals surface area (Å²) in [4.78, 5) is 2.52. The minimum atomic E-state index is 0.489. The zero-order chi connectivity index (χ0) is 14.1. The average Bonchev–Trinajstić information content (AvgIpc) is 2.77. The van der Waals surface area contributed by atoms with Crippen LogP contribution in [0.3, 0.4) is 0 Å². The van der Waals surface area contributed by atoms with Crippen LogP contribution in [0.2, 0.25) is 0 Å². The fraction of sp³-hybridized carbons (Fsp3) is 0.333. The van der Waals surface area contributed by atoms with Crippen LogP contribution >= 0.6 is 0 Å². The van der Waals surface area contributed by atoms with E-state index in [1.165, 1.54) is 16.9 Å². The SMILES string of the molecule is c1ccc2c(c1)CC(N1CCCOc3ccccc31)CN2. The number of ether oxygens (including phenoxy) is 1. The summed E-state index contributed by atoms with van der Waals surface area (Å²) in [6, 6.07) is 17.5. The Kier molecular flexibility index (Phi) is 3.18. The second kappa shape index (κ2) is 5.32. The zero-order valence-corrected chi connectivity index (χ0v) is 12.1. The van der Waals surface area contributed by atoms with Crippen molar-refractivity contribution in [2.24, 2.45) is 0 Å². The molecule has 1 unspecified atom stereocenters. The highest BCUT2D eigenvalue weighted by Crippen LogP contribution is 2.34. The second-order valence-corrected chi connectivity index (χ2v) is 5.76. The fourth-order valence-corrected chi connectivity index (χ4v) is 3.38. The highest BCUT2D eigenvalue weighted by Gasteiger charge is 2.27. The molecule has 0 radical (unpaired) electrons. The molecule has 2 aliphatic heterocycles. The van der Waals surface area contributed by atoms with Crippen LogP contribution in [-0.2, 0) is 6.42 Å².